The van der Waals surface area contributed by atoms with E-state index in [1.54, 1.807) is 32.2 Å². The molecule has 2 N–H and O–H groups in total. The van der Waals surface area contributed by atoms with E-state index < -0.39 is 23.6 Å². The fraction of sp³-hybridized carbons (Fsp3) is 0.500. The number of ether oxygens (including phenoxy) is 1. The molecule has 0 unspecified atom stereocenters. The van der Waals surface area contributed by atoms with E-state index >= 15 is 0 Å². The normalized spacial score (nSPS) is 23.0. The third kappa shape index (κ3) is 3.20. The fourth-order valence-corrected chi connectivity index (χ4v) is 4.30. The number of nitrogens with one attached hydrogen (secondary N) is 2. The second-order valence-electron chi connectivity index (χ2n) is 7.83. The van der Waals surface area contributed by atoms with E-state index in [1.165, 1.54) is 4.90 Å². The van der Waals surface area contributed by atoms with E-state index in [9.17, 15) is 19.2 Å². The van der Waals surface area contributed by atoms with Crippen LogP contribution in [0.3, 0.4) is 0 Å². The quantitative estimate of drug-likeness (QED) is 0.754. The molecule has 1 aliphatic carbocycles. The Kier molecular flexibility index (Phi) is 4.68. The van der Waals surface area contributed by atoms with Crippen molar-refractivity contribution in [2.24, 2.45) is 0 Å². The summed E-state index contributed by atoms with van der Waals surface area (Å²) in [5, 5.41) is 5.40. The number of benzene rings is 1. The molecule has 9 heteroatoms. The molecule has 154 valence electrons. The highest BCUT2D eigenvalue weighted by Gasteiger charge is 2.55. The number of hydrogen-bond donors (Lipinski definition) is 2. The van der Waals surface area contributed by atoms with Gasteiger partial charge in [0.05, 0.1) is 5.69 Å². The van der Waals surface area contributed by atoms with Gasteiger partial charge in [0.2, 0.25) is 5.91 Å². The lowest BCUT2D eigenvalue weighted by Crippen LogP contribution is -2.49. The molecule has 9 nitrogen and oxygen atoms in total. The van der Waals surface area contributed by atoms with Crippen LogP contribution in [0.5, 0.6) is 5.75 Å². The molecule has 1 aromatic rings. The van der Waals surface area contributed by atoms with Gasteiger partial charge in [-0.05, 0) is 38.0 Å². The number of nitrogens with zero attached hydrogens (tertiary/aromatic N) is 2. The van der Waals surface area contributed by atoms with Gasteiger partial charge in [0.1, 0.15) is 17.8 Å². The molecule has 2 fully saturated rings. The van der Waals surface area contributed by atoms with E-state index in [0.717, 1.165) is 24.2 Å². The minimum atomic E-state index is -0.806. The van der Waals surface area contributed by atoms with Gasteiger partial charge in [0.25, 0.3) is 11.8 Å². The highest BCUT2D eigenvalue weighted by Crippen LogP contribution is 2.39. The SMILES string of the molecule is C[C@H]1Oc2ccc(NC(=O)CN3C(=O)N(C)C4(CCCCC4)C3=O)cc2NC1=O. The van der Waals surface area contributed by atoms with E-state index in [2.05, 4.69) is 10.6 Å². The molecule has 0 aromatic heterocycles. The maximum absolute atomic E-state index is 13.0. The molecule has 4 rings (SSSR count). The van der Waals surface area contributed by atoms with Gasteiger partial charge in [-0.3, -0.25) is 19.3 Å². The second-order valence-corrected chi connectivity index (χ2v) is 7.83. The van der Waals surface area contributed by atoms with Crippen LogP contribution in [-0.4, -0.2) is 58.8 Å². The molecule has 2 aliphatic heterocycles. The Morgan fingerprint density at radius 2 is 1.97 bits per heavy atom. The highest BCUT2D eigenvalue weighted by atomic mass is 16.5. The monoisotopic (exact) mass is 400 g/mol. The number of urea groups is 1. The average molecular weight is 400 g/mol. The summed E-state index contributed by atoms with van der Waals surface area (Å²) in [6, 6.07) is 4.44. The first-order valence-corrected chi connectivity index (χ1v) is 9.83. The lowest BCUT2D eigenvalue weighted by molar-refractivity contribution is -0.136. The van der Waals surface area contributed by atoms with Crippen LogP contribution in [0.2, 0.25) is 0 Å². The Morgan fingerprint density at radius 1 is 1.24 bits per heavy atom. The molecule has 1 spiro atoms. The molecule has 0 radical (unpaired) electrons. The largest absolute Gasteiger partial charge is 0.479 e. The number of rotatable bonds is 3. The minimum absolute atomic E-state index is 0.268. The first kappa shape index (κ1) is 19.2. The number of likely N-dealkylation sites (N-methyl/N-ethyl adjacent to an activating group) is 1. The van der Waals surface area contributed by atoms with Crippen LogP contribution in [0, 0.1) is 0 Å². The van der Waals surface area contributed by atoms with Crippen molar-refractivity contribution in [3.63, 3.8) is 0 Å². The predicted molar refractivity (Wildman–Crippen MR) is 104 cm³/mol. The third-order valence-corrected chi connectivity index (χ3v) is 5.98. The average Bonchev–Trinajstić information content (AvgIpc) is 2.86. The van der Waals surface area contributed by atoms with Crippen molar-refractivity contribution < 1.29 is 23.9 Å². The zero-order valence-electron chi connectivity index (χ0n) is 16.5. The highest BCUT2D eigenvalue weighted by molar-refractivity contribution is 6.10. The summed E-state index contributed by atoms with van der Waals surface area (Å²) in [6.45, 7) is 1.30. The number of amides is 5. The van der Waals surface area contributed by atoms with Crippen molar-refractivity contribution in [3.8, 4) is 5.75 Å². The minimum Gasteiger partial charge on any atom is -0.479 e. The molecule has 1 aromatic carbocycles. The zero-order valence-corrected chi connectivity index (χ0v) is 16.5. The van der Waals surface area contributed by atoms with Gasteiger partial charge >= 0.3 is 6.03 Å². The van der Waals surface area contributed by atoms with Crippen molar-refractivity contribution >= 4 is 35.1 Å². The Morgan fingerprint density at radius 3 is 2.69 bits per heavy atom. The van der Waals surface area contributed by atoms with Crippen molar-refractivity contribution in [1.29, 1.82) is 0 Å². The number of anilines is 2. The summed E-state index contributed by atoms with van der Waals surface area (Å²) < 4.78 is 5.49. The number of carbonyl (C=O) groups is 4. The van der Waals surface area contributed by atoms with Crippen LogP contribution in [0.1, 0.15) is 39.0 Å². The van der Waals surface area contributed by atoms with Crippen LogP contribution in [0.4, 0.5) is 16.2 Å². The molecule has 3 aliphatic rings. The standard InChI is InChI=1S/C20H24N4O5/c1-12-17(26)22-14-10-13(6-7-15(14)29-12)21-16(25)11-24-18(27)20(23(2)19(24)28)8-4-3-5-9-20/h6-7,10,12H,3-5,8-9,11H2,1-2H3,(H,21,25)(H,22,26)/t12-/m1/s1. The molecule has 29 heavy (non-hydrogen) atoms. The van der Waals surface area contributed by atoms with Crippen molar-refractivity contribution in [2.75, 3.05) is 24.2 Å². The molecular formula is C20H24N4O5. The predicted octanol–water partition coefficient (Wildman–Crippen LogP) is 1.94. The van der Waals surface area contributed by atoms with Crippen LogP contribution in [0.25, 0.3) is 0 Å². The van der Waals surface area contributed by atoms with Gasteiger partial charge in [-0.25, -0.2) is 4.79 Å². The van der Waals surface area contributed by atoms with Crippen LogP contribution in [-0.2, 0) is 14.4 Å². The molecule has 0 bridgehead atoms. The van der Waals surface area contributed by atoms with Gasteiger partial charge in [-0.15, -0.1) is 0 Å². The van der Waals surface area contributed by atoms with Crippen LogP contribution in [0.15, 0.2) is 18.2 Å². The van der Waals surface area contributed by atoms with Gasteiger partial charge in [-0.1, -0.05) is 19.3 Å². The van der Waals surface area contributed by atoms with E-state index in [-0.39, 0.29) is 18.4 Å². The molecule has 1 saturated heterocycles. The van der Waals surface area contributed by atoms with Gasteiger partial charge in [0.15, 0.2) is 6.10 Å². The van der Waals surface area contributed by atoms with Crippen LogP contribution >= 0.6 is 0 Å². The second kappa shape index (κ2) is 7.06. The van der Waals surface area contributed by atoms with E-state index in [1.807, 2.05) is 0 Å². The summed E-state index contributed by atoms with van der Waals surface area (Å²) in [7, 11) is 1.64. The zero-order chi connectivity index (χ0) is 20.8. The maximum atomic E-state index is 13.0. The Hall–Kier alpha value is -3.10. The van der Waals surface area contributed by atoms with Gasteiger partial charge in [0, 0.05) is 12.7 Å². The van der Waals surface area contributed by atoms with E-state index in [0.29, 0.717) is 30.0 Å². The summed E-state index contributed by atoms with van der Waals surface area (Å²) >= 11 is 0. The lowest BCUT2D eigenvalue weighted by atomic mass is 9.81. The van der Waals surface area contributed by atoms with Crippen molar-refractivity contribution in [2.45, 2.75) is 50.7 Å². The van der Waals surface area contributed by atoms with Crippen molar-refractivity contribution in [3.05, 3.63) is 18.2 Å². The number of hydrogen-bond acceptors (Lipinski definition) is 5. The van der Waals surface area contributed by atoms with E-state index in [4.69, 9.17) is 4.74 Å². The number of imide groups is 1. The molecule has 1 atom stereocenters. The Bertz CT molecular complexity index is 893. The third-order valence-electron chi connectivity index (χ3n) is 5.98. The molecular weight excluding hydrogens is 376 g/mol. The Labute approximate surface area is 168 Å². The maximum Gasteiger partial charge on any atom is 0.327 e. The summed E-state index contributed by atoms with van der Waals surface area (Å²) in [4.78, 5) is 52.4. The van der Waals surface area contributed by atoms with Gasteiger partial charge < -0.3 is 20.3 Å². The summed E-state index contributed by atoms with van der Waals surface area (Å²) in [6.07, 6.45) is 3.52. The number of fused-ring (bicyclic) bond motifs is 1. The molecule has 2 heterocycles. The first-order chi connectivity index (χ1) is 13.8. The van der Waals surface area contributed by atoms with Crippen molar-refractivity contribution in [1.82, 2.24) is 9.80 Å². The smallest absolute Gasteiger partial charge is 0.327 e. The summed E-state index contributed by atoms with van der Waals surface area (Å²) in [5.41, 5.74) is 0.0897. The fourth-order valence-electron chi connectivity index (χ4n) is 4.30. The molecule has 1 saturated carbocycles. The summed E-state index contributed by atoms with van der Waals surface area (Å²) in [5.74, 6) is -0.528. The Balaban J connectivity index is 1.45. The molecule has 5 amide bonds. The topological polar surface area (TPSA) is 108 Å². The number of carbonyl (C=O) groups excluding carboxylic acids is 4. The van der Waals surface area contributed by atoms with Gasteiger partial charge in [-0.2, -0.15) is 0 Å². The lowest BCUT2D eigenvalue weighted by Gasteiger charge is -2.35. The first-order valence-electron chi connectivity index (χ1n) is 9.83. The van der Waals surface area contributed by atoms with Crippen LogP contribution < -0.4 is 15.4 Å².